The van der Waals surface area contributed by atoms with Crippen molar-refractivity contribution in [1.29, 1.82) is 0 Å². The normalized spacial score (nSPS) is 22.1. The van der Waals surface area contributed by atoms with Gasteiger partial charge in [-0.15, -0.1) is 0 Å². The molecule has 4 nitrogen and oxygen atoms in total. The molecular weight excluding hydrogens is 240 g/mol. The van der Waals surface area contributed by atoms with E-state index in [2.05, 4.69) is 24.5 Å². The summed E-state index contributed by atoms with van der Waals surface area (Å²) in [6.45, 7) is 5.88. The summed E-state index contributed by atoms with van der Waals surface area (Å²) >= 11 is 0. The summed E-state index contributed by atoms with van der Waals surface area (Å²) in [4.78, 5) is 11.6. The third kappa shape index (κ3) is 4.71. The lowest BCUT2D eigenvalue weighted by Crippen LogP contribution is -2.52. The Labute approximate surface area is 116 Å². The lowest BCUT2D eigenvalue weighted by atomic mass is 9.89. The number of allylic oxidation sites excluding steroid dienone is 2. The molecule has 0 saturated heterocycles. The van der Waals surface area contributed by atoms with Crippen molar-refractivity contribution < 1.29 is 9.90 Å². The maximum Gasteiger partial charge on any atom is 0.328 e. The van der Waals surface area contributed by atoms with Crippen LogP contribution in [0.1, 0.15) is 46.0 Å². The van der Waals surface area contributed by atoms with Crippen LogP contribution in [0.25, 0.3) is 0 Å². The Bertz CT molecular complexity index is 350. The molecule has 0 radical (unpaired) electrons. The zero-order chi connectivity index (χ0) is 14.1. The average Bonchev–Trinajstić information content (AvgIpc) is 2.40. The molecule has 0 aromatic carbocycles. The van der Waals surface area contributed by atoms with Crippen LogP contribution in [-0.4, -0.2) is 29.7 Å². The number of hydrogen-bond acceptors (Lipinski definition) is 3. The van der Waals surface area contributed by atoms with Crippen LogP contribution in [0.15, 0.2) is 23.9 Å². The second kappa shape index (κ2) is 8.00. The fraction of sp³-hybridized carbons (Fsp3) is 0.667. The molecule has 0 aliphatic heterocycles. The van der Waals surface area contributed by atoms with Crippen LogP contribution in [0.3, 0.4) is 0 Å². The molecule has 19 heavy (non-hydrogen) atoms. The Morgan fingerprint density at radius 1 is 1.32 bits per heavy atom. The summed E-state index contributed by atoms with van der Waals surface area (Å²) in [6, 6.07) is 0. The van der Waals surface area contributed by atoms with Gasteiger partial charge in [-0.1, -0.05) is 38.8 Å². The predicted molar refractivity (Wildman–Crippen MR) is 78.0 cm³/mol. The van der Waals surface area contributed by atoms with Gasteiger partial charge in [-0.25, -0.2) is 4.79 Å². The van der Waals surface area contributed by atoms with E-state index in [-0.39, 0.29) is 0 Å². The number of hydrogen-bond donors (Lipinski definition) is 3. The van der Waals surface area contributed by atoms with Gasteiger partial charge in [-0.2, -0.15) is 0 Å². The number of nitrogens with one attached hydrogen (secondary N) is 2. The first-order valence-electron chi connectivity index (χ1n) is 7.25. The van der Waals surface area contributed by atoms with Crippen molar-refractivity contribution in [3.05, 3.63) is 23.9 Å². The standard InChI is InChI=1S/C15H26N2O2/c1-3-5-10-16-13-8-7-9-15(12-13,14(18)19)17-11-6-4-2/h7-9,16-17H,3-6,10-12H2,1-2H3,(H,18,19). The molecule has 0 spiro atoms. The van der Waals surface area contributed by atoms with Gasteiger partial charge < -0.3 is 10.4 Å². The van der Waals surface area contributed by atoms with E-state index in [1.807, 2.05) is 12.2 Å². The lowest BCUT2D eigenvalue weighted by molar-refractivity contribution is -0.142. The number of unbranched alkanes of at least 4 members (excludes halogenated alkanes) is 2. The van der Waals surface area contributed by atoms with Crippen molar-refractivity contribution in [2.75, 3.05) is 13.1 Å². The van der Waals surface area contributed by atoms with Gasteiger partial charge in [0.1, 0.15) is 5.54 Å². The van der Waals surface area contributed by atoms with Gasteiger partial charge in [0.05, 0.1) is 0 Å². The van der Waals surface area contributed by atoms with E-state index in [1.165, 1.54) is 0 Å². The van der Waals surface area contributed by atoms with Gasteiger partial charge >= 0.3 is 5.97 Å². The maximum atomic E-state index is 11.6. The molecule has 1 aliphatic rings. The molecule has 0 heterocycles. The molecule has 3 N–H and O–H groups in total. The second-order valence-corrected chi connectivity index (χ2v) is 5.06. The fourth-order valence-corrected chi connectivity index (χ4v) is 2.13. The number of rotatable bonds is 9. The van der Waals surface area contributed by atoms with Crippen molar-refractivity contribution >= 4 is 5.97 Å². The molecule has 1 rings (SSSR count). The lowest BCUT2D eigenvalue weighted by Gasteiger charge is -2.31. The first-order valence-corrected chi connectivity index (χ1v) is 7.25. The van der Waals surface area contributed by atoms with Crippen molar-refractivity contribution in [1.82, 2.24) is 10.6 Å². The zero-order valence-electron chi connectivity index (χ0n) is 12.0. The topological polar surface area (TPSA) is 61.4 Å². The van der Waals surface area contributed by atoms with E-state index in [0.29, 0.717) is 6.42 Å². The Morgan fingerprint density at radius 3 is 2.63 bits per heavy atom. The largest absolute Gasteiger partial charge is 0.480 e. The number of carbonyl (C=O) groups is 1. The molecule has 0 bridgehead atoms. The molecular formula is C15H26N2O2. The van der Waals surface area contributed by atoms with Gasteiger partial charge in [-0.3, -0.25) is 5.32 Å². The quantitative estimate of drug-likeness (QED) is 0.561. The minimum absolute atomic E-state index is 0.492. The van der Waals surface area contributed by atoms with Crippen molar-refractivity contribution in [3.63, 3.8) is 0 Å². The third-order valence-electron chi connectivity index (χ3n) is 3.38. The second-order valence-electron chi connectivity index (χ2n) is 5.06. The van der Waals surface area contributed by atoms with Crippen molar-refractivity contribution in [3.8, 4) is 0 Å². The highest BCUT2D eigenvalue weighted by atomic mass is 16.4. The van der Waals surface area contributed by atoms with Gasteiger partial charge in [0, 0.05) is 18.7 Å². The molecule has 1 atom stereocenters. The first-order chi connectivity index (χ1) is 9.14. The fourth-order valence-electron chi connectivity index (χ4n) is 2.13. The van der Waals surface area contributed by atoms with Gasteiger partial charge in [0.25, 0.3) is 0 Å². The SMILES string of the molecule is CCCCNC1=CC=CC(NCCCC)(C(=O)O)C1. The Hall–Kier alpha value is -1.29. The van der Waals surface area contributed by atoms with Crippen molar-refractivity contribution in [2.24, 2.45) is 0 Å². The van der Waals surface area contributed by atoms with E-state index < -0.39 is 11.5 Å². The van der Waals surface area contributed by atoms with Gasteiger partial charge in [0.2, 0.25) is 0 Å². The summed E-state index contributed by atoms with van der Waals surface area (Å²) in [5.41, 5.74) is 0.0562. The van der Waals surface area contributed by atoms with E-state index >= 15 is 0 Å². The minimum Gasteiger partial charge on any atom is -0.480 e. The van der Waals surface area contributed by atoms with E-state index in [1.54, 1.807) is 6.08 Å². The molecule has 0 fully saturated rings. The molecule has 0 aromatic rings. The number of aliphatic carboxylic acids is 1. The van der Waals surface area contributed by atoms with Crippen LogP contribution in [0, 0.1) is 0 Å². The summed E-state index contributed by atoms with van der Waals surface area (Å²) in [6.07, 6.45) is 10.3. The van der Waals surface area contributed by atoms with Crippen LogP contribution >= 0.6 is 0 Å². The monoisotopic (exact) mass is 266 g/mol. The molecule has 0 saturated carbocycles. The van der Waals surface area contributed by atoms with E-state index in [9.17, 15) is 9.90 Å². The molecule has 1 unspecified atom stereocenters. The summed E-state index contributed by atoms with van der Waals surface area (Å²) in [7, 11) is 0. The highest BCUT2D eigenvalue weighted by Gasteiger charge is 2.37. The summed E-state index contributed by atoms with van der Waals surface area (Å²) in [5.74, 6) is -0.803. The molecule has 0 aromatic heterocycles. The van der Waals surface area contributed by atoms with Crippen LogP contribution in [0.4, 0.5) is 0 Å². The maximum absolute atomic E-state index is 11.6. The molecule has 4 heteroatoms. The van der Waals surface area contributed by atoms with E-state index in [0.717, 1.165) is 44.5 Å². The van der Waals surface area contributed by atoms with Crippen LogP contribution in [0.2, 0.25) is 0 Å². The summed E-state index contributed by atoms with van der Waals surface area (Å²) in [5, 5.41) is 16.0. The minimum atomic E-state index is -0.946. The number of carboxylic acid groups (broad SMARTS) is 1. The third-order valence-corrected chi connectivity index (χ3v) is 3.38. The highest BCUT2D eigenvalue weighted by molar-refractivity contribution is 5.82. The van der Waals surface area contributed by atoms with Gasteiger partial charge in [-0.05, 0) is 25.5 Å². The molecule has 108 valence electrons. The average molecular weight is 266 g/mol. The highest BCUT2D eigenvalue weighted by Crippen LogP contribution is 2.22. The summed E-state index contributed by atoms with van der Waals surface area (Å²) < 4.78 is 0. The Morgan fingerprint density at radius 2 is 2.00 bits per heavy atom. The molecule has 0 amide bonds. The smallest absolute Gasteiger partial charge is 0.328 e. The van der Waals surface area contributed by atoms with Crippen molar-refractivity contribution in [2.45, 2.75) is 51.5 Å². The predicted octanol–water partition coefficient (Wildman–Crippen LogP) is 2.43. The zero-order valence-corrected chi connectivity index (χ0v) is 12.0. The Kier molecular flexibility index (Phi) is 6.64. The molecule has 1 aliphatic carbocycles. The van der Waals surface area contributed by atoms with E-state index in [4.69, 9.17) is 0 Å². The van der Waals surface area contributed by atoms with Gasteiger partial charge in [0.15, 0.2) is 0 Å². The number of carboxylic acids is 1. The van der Waals surface area contributed by atoms with Crippen LogP contribution in [-0.2, 0) is 4.79 Å². The Balaban J connectivity index is 2.61. The van der Waals surface area contributed by atoms with Crippen LogP contribution in [0.5, 0.6) is 0 Å². The van der Waals surface area contributed by atoms with Crippen LogP contribution < -0.4 is 10.6 Å². The first kappa shape index (κ1) is 15.8.